The molecule has 0 bridgehead atoms. The van der Waals surface area contributed by atoms with E-state index in [0.29, 0.717) is 23.0 Å². The maximum atomic E-state index is 13.0. The minimum absolute atomic E-state index is 0.0513. The van der Waals surface area contributed by atoms with Crippen LogP contribution in [0.5, 0.6) is 5.75 Å². The lowest BCUT2D eigenvalue weighted by Gasteiger charge is -2.25. The summed E-state index contributed by atoms with van der Waals surface area (Å²) < 4.78 is 29.7. The molecule has 196 valence electrons. The van der Waals surface area contributed by atoms with Crippen LogP contribution in [0.15, 0.2) is 52.6 Å². The van der Waals surface area contributed by atoms with Gasteiger partial charge in [-0.05, 0) is 57.3 Å². The van der Waals surface area contributed by atoms with Gasteiger partial charge in [0.2, 0.25) is 18.1 Å². The van der Waals surface area contributed by atoms with Crippen LogP contribution in [0.1, 0.15) is 25.0 Å². The molecule has 2 aromatic carbocycles. The van der Waals surface area contributed by atoms with Crippen LogP contribution < -0.4 is 15.4 Å². The number of halogens is 3. The van der Waals surface area contributed by atoms with E-state index in [-0.39, 0.29) is 30.2 Å². The summed E-state index contributed by atoms with van der Waals surface area (Å²) in [5.74, 6) is -0.189. The van der Waals surface area contributed by atoms with Crippen LogP contribution in [0, 0.1) is 18.4 Å². The number of anilines is 1. The second-order valence-corrected chi connectivity index (χ2v) is 8.82. The lowest BCUT2D eigenvalue weighted by atomic mass is 10.0. The number of aliphatic imine (C=N–C) groups is 1. The molecule has 1 aliphatic rings. The van der Waals surface area contributed by atoms with Crippen LogP contribution in [-0.4, -0.2) is 66.3 Å². The quantitative estimate of drug-likeness (QED) is 0.302. The summed E-state index contributed by atoms with van der Waals surface area (Å²) in [6.07, 6.45) is 1.73. The Morgan fingerprint density at radius 1 is 1.38 bits per heavy atom. The number of likely N-dealkylation sites (N-methyl/N-ethyl adjacent to an activating group) is 1. The highest BCUT2D eigenvalue weighted by Gasteiger charge is 2.33. The third-order valence-corrected chi connectivity index (χ3v) is 6.36. The molecule has 0 radical (unpaired) electrons. The second-order valence-electron chi connectivity index (χ2n) is 8.41. The molecule has 1 unspecified atom stereocenters. The van der Waals surface area contributed by atoms with Crippen LogP contribution >= 0.6 is 11.6 Å². The van der Waals surface area contributed by atoms with Gasteiger partial charge in [-0.3, -0.25) is 9.69 Å². The number of nitriles is 1. The number of amides is 1. The summed E-state index contributed by atoms with van der Waals surface area (Å²) in [7, 11) is 1.86. The van der Waals surface area contributed by atoms with Gasteiger partial charge < -0.3 is 15.4 Å². The zero-order chi connectivity index (χ0) is 27.1. The molecule has 1 amide bonds. The van der Waals surface area contributed by atoms with Crippen LogP contribution in [-0.2, 0) is 4.79 Å². The first-order chi connectivity index (χ1) is 17.6. The molecule has 1 heterocycles. The monoisotopic (exact) mass is 531 g/mol. The number of aryl methyl sites for hydroxylation is 1. The molecule has 0 fully saturated rings. The van der Waals surface area contributed by atoms with Crippen molar-refractivity contribution in [3.8, 4) is 11.9 Å². The molecule has 1 aliphatic heterocycles. The van der Waals surface area contributed by atoms with Gasteiger partial charge in [0, 0.05) is 22.3 Å². The summed E-state index contributed by atoms with van der Waals surface area (Å²) >= 11 is 6.21. The van der Waals surface area contributed by atoms with E-state index < -0.39 is 12.7 Å². The molecule has 12 heteroatoms. The van der Waals surface area contributed by atoms with Crippen LogP contribution in [0.25, 0.3) is 0 Å². The SMILES string of the molecule is CCN(C)[C@H](C)C(=O)NC1CN(C(=NC#N)Nc2cccc(OC(F)F)c2)N=C1c1ccc(Cl)c(C)c1. The van der Waals surface area contributed by atoms with Crippen molar-refractivity contribution in [3.63, 3.8) is 0 Å². The molecule has 3 rings (SSSR count). The van der Waals surface area contributed by atoms with Crippen molar-refractivity contribution < 1.29 is 18.3 Å². The van der Waals surface area contributed by atoms with Crippen molar-refractivity contribution in [2.45, 2.75) is 39.5 Å². The van der Waals surface area contributed by atoms with Gasteiger partial charge in [-0.1, -0.05) is 30.7 Å². The summed E-state index contributed by atoms with van der Waals surface area (Å²) in [5.41, 5.74) is 2.50. The van der Waals surface area contributed by atoms with Gasteiger partial charge in [-0.2, -0.15) is 19.1 Å². The largest absolute Gasteiger partial charge is 0.435 e. The van der Waals surface area contributed by atoms with E-state index in [4.69, 9.17) is 11.6 Å². The summed E-state index contributed by atoms with van der Waals surface area (Å²) in [6.45, 7) is 3.53. The third kappa shape index (κ3) is 7.15. The summed E-state index contributed by atoms with van der Waals surface area (Å²) in [5, 5.41) is 22.0. The number of hydrogen-bond acceptors (Lipinski definition) is 6. The molecular weight excluding hydrogens is 504 g/mol. The fraction of sp³-hybridized carbons (Fsp3) is 0.360. The Bertz CT molecular complexity index is 1230. The average molecular weight is 532 g/mol. The lowest BCUT2D eigenvalue weighted by Crippen LogP contribution is -2.50. The van der Waals surface area contributed by atoms with Gasteiger partial charge in [-0.15, -0.1) is 4.99 Å². The fourth-order valence-corrected chi connectivity index (χ4v) is 3.77. The number of nitrogens with one attached hydrogen (secondary N) is 2. The highest BCUT2D eigenvalue weighted by Crippen LogP contribution is 2.23. The Kier molecular flexibility index (Phi) is 9.38. The standard InChI is InChI=1S/C25H28ClF2N7O2/c1-5-34(4)16(3)23(36)32-21-13-35(33-22(21)17-9-10-20(26)15(2)11-17)25(30-14-29)31-18-7-6-8-19(12-18)37-24(27)28/h6-12,16,21,24H,5,13H2,1-4H3,(H,30,31)(H,32,36)/t16-,21?/m1/s1. The maximum Gasteiger partial charge on any atom is 0.387 e. The van der Waals surface area contributed by atoms with Crippen LogP contribution in [0.3, 0.4) is 0 Å². The van der Waals surface area contributed by atoms with E-state index in [1.807, 2.05) is 38.8 Å². The molecule has 2 aromatic rings. The van der Waals surface area contributed by atoms with Crippen LogP contribution in [0.4, 0.5) is 14.5 Å². The van der Waals surface area contributed by atoms with Crippen molar-refractivity contribution >= 4 is 34.9 Å². The average Bonchev–Trinajstić information content (AvgIpc) is 3.27. The molecule has 0 saturated heterocycles. The molecule has 0 aliphatic carbocycles. The predicted molar refractivity (Wildman–Crippen MR) is 139 cm³/mol. The first kappa shape index (κ1) is 27.8. The molecule has 37 heavy (non-hydrogen) atoms. The fourth-order valence-electron chi connectivity index (χ4n) is 3.65. The Morgan fingerprint density at radius 2 is 2.14 bits per heavy atom. The number of rotatable bonds is 8. The topological polar surface area (TPSA) is 105 Å². The molecule has 0 aromatic heterocycles. The molecule has 0 spiro atoms. The number of alkyl halides is 2. The van der Waals surface area contributed by atoms with Crippen molar-refractivity contribution in [3.05, 3.63) is 58.6 Å². The number of guanidine groups is 1. The van der Waals surface area contributed by atoms with E-state index in [1.165, 1.54) is 23.2 Å². The first-order valence-electron chi connectivity index (χ1n) is 11.5. The number of hydrazone groups is 1. The minimum Gasteiger partial charge on any atom is -0.435 e. The van der Waals surface area contributed by atoms with Gasteiger partial charge in [0.15, 0.2) is 0 Å². The van der Waals surface area contributed by atoms with Crippen molar-refractivity contribution in [1.82, 2.24) is 15.2 Å². The predicted octanol–water partition coefficient (Wildman–Crippen LogP) is 4.04. The van der Waals surface area contributed by atoms with E-state index in [1.54, 1.807) is 24.4 Å². The van der Waals surface area contributed by atoms with Gasteiger partial charge in [0.25, 0.3) is 0 Å². The first-order valence-corrected chi connectivity index (χ1v) is 11.9. The number of ether oxygens (including phenoxy) is 1. The number of carbonyl (C=O) groups excluding carboxylic acids is 1. The number of hydrogen-bond donors (Lipinski definition) is 2. The Labute approximate surface area is 219 Å². The number of carbonyl (C=O) groups is 1. The number of benzene rings is 2. The Balaban J connectivity index is 1.92. The van der Waals surface area contributed by atoms with Gasteiger partial charge in [-0.25, -0.2) is 5.01 Å². The van der Waals surface area contributed by atoms with Gasteiger partial charge in [0.05, 0.1) is 24.3 Å². The molecular formula is C25H28ClF2N7O2. The van der Waals surface area contributed by atoms with E-state index in [0.717, 1.165) is 11.1 Å². The molecule has 9 nitrogen and oxygen atoms in total. The highest BCUT2D eigenvalue weighted by atomic mass is 35.5. The van der Waals surface area contributed by atoms with Crippen molar-refractivity contribution in [2.24, 2.45) is 10.1 Å². The highest BCUT2D eigenvalue weighted by molar-refractivity contribution is 6.31. The minimum atomic E-state index is -2.98. The molecule has 2 atom stereocenters. The smallest absolute Gasteiger partial charge is 0.387 e. The van der Waals surface area contributed by atoms with Gasteiger partial charge in [0.1, 0.15) is 5.75 Å². The van der Waals surface area contributed by atoms with Gasteiger partial charge >= 0.3 is 6.61 Å². The van der Waals surface area contributed by atoms with E-state index in [9.17, 15) is 18.8 Å². The lowest BCUT2D eigenvalue weighted by molar-refractivity contribution is -0.125. The Hall–Kier alpha value is -3.75. The number of nitrogens with zero attached hydrogens (tertiary/aromatic N) is 5. The summed E-state index contributed by atoms with van der Waals surface area (Å²) in [6, 6.07) is 10.4. The maximum absolute atomic E-state index is 13.0. The van der Waals surface area contributed by atoms with Crippen molar-refractivity contribution in [1.29, 1.82) is 5.26 Å². The zero-order valence-electron chi connectivity index (χ0n) is 20.9. The molecule has 0 saturated carbocycles. The molecule has 2 N–H and O–H groups in total. The third-order valence-electron chi connectivity index (χ3n) is 5.94. The normalized spacial score (nSPS) is 16.4. The summed E-state index contributed by atoms with van der Waals surface area (Å²) in [4.78, 5) is 18.7. The zero-order valence-corrected chi connectivity index (χ0v) is 21.6. The van der Waals surface area contributed by atoms with Crippen molar-refractivity contribution in [2.75, 3.05) is 25.5 Å². The van der Waals surface area contributed by atoms with Crippen LogP contribution in [0.2, 0.25) is 5.02 Å². The van der Waals surface area contributed by atoms with E-state index in [2.05, 4.69) is 25.5 Å². The van der Waals surface area contributed by atoms with E-state index >= 15 is 0 Å². The Morgan fingerprint density at radius 3 is 2.78 bits per heavy atom. The second kappa shape index (κ2) is 12.5.